The van der Waals surface area contributed by atoms with E-state index in [1.807, 2.05) is 0 Å². The second-order valence-electron chi connectivity index (χ2n) is 4.08. The van der Waals surface area contributed by atoms with Gasteiger partial charge in [-0.05, 0) is 32.0 Å². The number of benzene rings is 1. The minimum Gasteiger partial charge on any atom is -0.462 e. The molecule has 0 heterocycles. The first kappa shape index (κ1) is 15.8. The zero-order valence-corrected chi connectivity index (χ0v) is 11.9. The highest BCUT2D eigenvalue weighted by Crippen LogP contribution is 2.36. The molecule has 1 aromatic rings. The molecule has 7 heteroatoms. The lowest BCUT2D eigenvalue weighted by Crippen LogP contribution is -2.20. The molecule has 0 saturated carbocycles. The Balaban J connectivity index is 2.73. The topological polar surface area (TPSA) is 38.3 Å². The number of carbonyl (C=O) groups excluding carboxylic acids is 1. The number of alkyl halides is 3. The Morgan fingerprint density at radius 3 is 2.58 bits per heavy atom. The van der Waals surface area contributed by atoms with Crippen molar-refractivity contribution in [3.8, 4) is 0 Å². The molecule has 0 saturated heterocycles. The van der Waals surface area contributed by atoms with E-state index in [2.05, 4.69) is 21.2 Å². The lowest BCUT2D eigenvalue weighted by atomic mass is 10.2. The molecule has 0 aromatic heterocycles. The van der Waals surface area contributed by atoms with Crippen molar-refractivity contribution in [1.82, 2.24) is 0 Å². The normalized spacial score (nSPS) is 11.5. The van der Waals surface area contributed by atoms with Crippen molar-refractivity contribution in [2.75, 3.05) is 11.9 Å². The number of nitrogens with one attached hydrogen (secondary N) is 1. The molecule has 0 aliphatic heterocycles. The summed E-state index contributed by atoms with van der Waals surface area (Å²) in [4.78, 5) is 11.3. The summed E-state index contributed by atoms with van der Waals surface area (Å²) in [6.45, 7) is 3.20. The lowest BCUT2D eigenvalue weighted by Gasteiger charge is -2.13. The number of ether oxygens (including phenoxy) is 1. The largest absolute Gasteiger partial charge is 0.462 e. The van der Waals surface area contributed by atoms with Gasteiger partial charge in [0.2, 0.25) is 0 Å². The third kappa shape index (κ3) is 5.10. The van der Waals surface area contributed by atoms with Crippen LogP contribution in [0, 0.1) is 0 Å². The summed E-state index contributed by atoms with van der Waals surface area (Å²) in [5, 5.41) is 2.59. The molecule has 0 bridgehead atoms. The minimum absolute atomic E-state index is 0.0460. The molecule has 0 atom stereocenters. The van der Waals surface area contributed by atoms with E-state index in [0.29, 0.717) is 0 Å². The lowest BCUT2D eigenvalue weighted by molar-refractivity contribution is -0.145. The highest BCUT2D eigenvalue weighted by atomic mass is 79.9. The summed E-state index contributed by atoms with van der Waals surface area (Å²) in [5.74, 6) is -0.522. The maximum atomic E-state index is 12.7. The van der Waals surface area contributed by atoms with Gasteiger partial charge >= 0.3 is 12.1 Å². The summed E-state index contributed by atoms with van der Waals surface area (Å²) >= 11 is 2.84. The Labute approximate surface area is 117 Å². The van der Waals surface area contributed by atoms with E-state index in [1.54, 1.807) is 13.8 Å². The van der Waals surface area contributed by atoms with E-state index < -0.39 is 17.7 Å². The van der Waals surface area contributed by atoms with Crippen LogP contribution in [-0.2, 0) is 15.7 Å². The molecule has 0 radical (unpaired) electrons. The van der Waals surface area contributed by atoms with Gasteiger partial charge in [-0.15, -0.1) is 0 Å². The van der Waals surface area contributed by atoms with Gasteiger partial charge in [-0.2, -0.15) is 13.2 Å². The number of hydrogen-bond donors (Lipinski definition) is 1. The maximum Gasteiger partial charge on any atom is 0.417 e. The van der Waals surface area contributed by atoms with Gasteiger partial charge in [-0.25, -0.2) is 0 Å². The fourth-order valence-electron chi connectivity index (χ4n) is 1.33. The predicted octanol–water partition coefficient (Wildman–Crippen LogP) is 3.83. The number of esters is 1. The number of carbonyl (C=O) groups is 1. The molecule has 19 heavy (non-hydrogen) atoms. The number of hydrogen-bond acceptors (Lipinski definition) is 3. The molecule has 1 N–H and O–H groups in total. The third-order valence-electron chi connectivity index (χ3n) is 2.08. The van der Waals surface area contributed by atoms with Crippen molar-refractivity contribution < 1.29 is 22.7 Å². The van der Waals surface area contributed by atoms with Crippen molar-refractivity contribution in [2.24, 2.45) is 0 Å². The Kier molecular flexibility index (Phi) is 5.22. The molecule has 0 amide bonds. The van der Waals surface area contributed by atoms with Crippen LogP contribution in [-0.4, -0.2) is 18.6 Å². The molecule has 0 spiro atoms. The molecule has 1 aromatic carbocycles. The van der Waals surface area contributed by atoms with Crippen LogP contribution < -0.4 is 5.32 Å². The van der Waals surface area contributed by atoms with E-state index in [9.17, 15) is 18.0 Å². The van der Waals surface area contributed by atoms with Gasteiger partial charge in [-0.1, -0.05) is 15.9 Å². The molecule has 1 rings (SSSR count). The van der Waals surface area contributed by atoms with E-state index in [4.69, 9.17) is 4.74 Å². The molecule has 106 valence electrons. The average molecular weight is 340 g/mol. The first-order valence-corrected chi connectivity index (χ1v) is 6.29. The fraction of sp³-hybridized carbons (Fsp3) is 0.417. The van der Waals surface area contributed by atoms with Gasteiger partial charge in [0.05, 0.1) is 11.7 Å². The highest BCUT2D eigenvalue weighted by molar-refractivity contribution is 9.10. The van der Waals surface area contributed by atoms with Crippen LogP contribution in [0.25, 0.3) is 0 Å². The van der Waals surface area contributed by atoms with Crippen molar-refractivity contribution in [3.05, 3.63) is 28.2 Å². The fourth-order valence-corrected chi connectivity index (χ4v) is 1.80. The summed E-state index contributed by atoms with van der Waals surface area (Å²) in [7, 11) is 0. The van der Waals surface area contributed by atoms with Crippen LogP contribution in [0.15, 0.2) is 22.7 Å². The minimum atomic E-state index is -4.45. The third-order valence-corrected chi connectivity index (χ3v) is 2.77. The molecule has 0 unspecified atom stereocenters. The Hall–Kier alpha value is -1.24. The van der Waals surface area contributed by atoms with E-state index in [1.165, 1.54) is 12.1 Å². The Morgan fingerprint density at radius 2 is 2.05 bits per heavy atom. The maximum absolute atomic E-state index is 12.7. The van der Waals surface area contributed by atoms with Gasteiger partial charge < -0.3 is 10.1 Å². The first-order chi connectivity index (χ1) is 8.70. The molecular weight excluding hydrogens is 327 g/mol. The highest BCUT2D eigenvalue weighted by Gasteiger charge is 2.33. The van der Waals surface area contributed by atoms with Gasteiger partial charge in [0.1, 0.15) is 6.54 Å². The predicted molar refractivity (Wildman–Crippen MR) is 68.9 cm³/mol. The monoisotopic (exact) mass is 339 g/mol. The van der Waals surface area contributed by atoms with Crippen molar-refractivity contribution in [3.63, 3.8) is 0 Å². The van der Waals surface area contributed by atoms with Crippen molar-refractivity contribution in [1.29, 1.82) is 0 Å². The van der Waals surface area contributed by atoms with E-state index in [0.717, 1.165) is 6.07 Å². The summed E-state index contributed by atoms with van der Waals surface area (Å²) < 4.78 is 42.8. The average Bonchev–Trinajstić information content (AvgIpc) is 2.25. The zero-order valence-electron chi connectivity index (χ0n) is 10.3. The second kappa shape index (κ2) is 6.27. The zero-order chi connectivity index (χ0) is 14.6. The molecular formula is C12H13BrF3NO2. The van der Waals surface area contributed by atoms with Crippen molar-refractivity contribution >= 4 is 27.6 Å². The van der Waals surface area contributed by atoms with Gasteiger partial charge in [0, 0.05) is 10.2 Å². The number of halogens is 4. The number of rotatable bonds is 4. The smallest absolute Gasteiger partial charge is 0.417 e. The van der Waals surface area contributed by atoms with Crippen LogP contribution in [0.4, 0.5) is 18.9 Å². The van der Waals surface area contributed by atoms with E-state index >= 15 is 0 Å². The summed E-state index contributed by atoms with van der Waals surface area (Å²) in [5.41, 5.74) is -0.592. The van der Waals surface area contributed by atoms with Gasteiger partial charge in [0.15, 0.2) is 0 Å². The van der Waals surface area contributed by atoms with Crippen LogP contribution >= 0.6 is 15.9 Å². The van der Waals surface area contributed by atoms with Crippen LogP contribution in [0.5, 0.6) is 0 Å². The number of anilines is 1. The van der Waals surface area contributed by atoms with Crippen LogP contribution in [0.1, 0.15) is 19.4 Å². The molecule has 3 nitrogen and oxygen atoms in total. The van der Waals surface area contributed by atoms with Gasteiger partial charge in [0.25, 0.3) is 0 Å². The molecule has 0 aliphatic carbocycles. The van der Waals surface area contributed by atoms with Crippen molar-refractivity contribution in [2.45, 2.75) is 26.1 Å². The quantitative estimate of drug-likeness (QED) is 0.847. The second-order valence-corrected chi connectivity index (χ2v) is 4.94. The summed E-state index contributed by atoms with van der Waals surface area (Å²) in [6.07, 6.45) is -4.71. The molecule has 0 fully saturated rings. The van der Waals surface area contributed by atoms with Crippen LogP contribution in [0.2, 0.25) is 0 Å². The SMILES string of the molecule is CC(C)OC(=O)CNc1ccc(Br)c(C(F)(F)F)c1. The Bertz CT molecular complexity index is 461. The summed E-state index contributed by atoms with van der Waals surface area (Å²) in [6, 6.07) is 3.66. The Morgan fingerprint density at radius 1 is 1.42 bits per heavy atom. The first-order valence-electron chi connectivity index (χ1n) is 5.50. The standard InChI is InChI=1S/C12H13BrF3NO2/c1-7(2)19-11(18)6-17-8-3-4-10(13)9(5-8)12(14,15)16/h3-5,7,17H,6H2,1-2H3. The van der Waals surface area contributed by atoms with Crippen LogP contribution in [0.3, 0.4) is 0 Å². The molecule has 0 aliphatic rings. The van der Waals surface area contributed by atoms with Gasteiger partial charge in [-0.3, -0.25) is 4.79 Å². The van der Waals surface area contributed by atoms with E-state index in [-0.39, 0.29) is 22.8 Å².